The number of nitrogens with zero attached hydrogens (tertiary/aromatic N) is 4. The van der Waals surface area contributed by atoms with Crippen molar-refractivity contribution in [1.29, 1.82) is 0 Å². The molecule has 6 rings (SSSR count). The Balaban J connectivity index is 1.10. The first-order valence-corrected chi connectivity index (χ1v) is 13.7. The van der Waals surface area contributed by atoms with E-state index in [0.717, 1.165) is 53.6 Å². The molecule has 3 heterocycles. The van der Waals surface area contributed by atoms with Crippen molar-refractivity contribution < 1.29 is 9.13 Å². The zero-order valence-corrected chi connectivity index (χ0v) is 21.9. The van der Waals surface area contributed by atoms with Gasteiger partial charge in [-0.1, -0.05) is 36.4 Å². The normalized spacial score (nSPS) is 15.1. The van der Waals surface area contributed by atoms with E-state index >= 15 is 0 Å². The van der Waals surface area contributed by atoms with Gasteiger partial charge in [0, 0.05) is 42.0 Å². The molecule has 7 nitrogen and oxygen atoms in total. The van der Waals surface area contributed by atoms with Crippen LogP contribution in [0.3, 0.4) is 0 Å². The van der Waals surface area contributed by atoms with Crippen molar-refractivity contribution in [2.24, 2.45) is 0 Å². The standard InChI is InChI=1S/C31H33FN6O/c32-28-10-2-1-7-24(28)22-33-26-9-5-8-23(21-26)29-11-6-12-30-35-31(36-38(29)30)34-25-13-15-27(16-14-25)39-20-19-37-17-3-4-18-37/h1-2,5,7-11,13-16,21,33H,3-4,6,12,17-20,22H2,(H,34,36). The summed E-state index contributed by atoms with van der Waals surface area (Å²) >= 11 is 0. The minimum absolute atomic E-state index is 0.205. The van der Waals surface area contributed by atoms with Crippen molar-refractivity contribution in [2.45, 2.75) is 32.2 Å². The van der Waals surface area contributed by atoms with Crippen LogP contribution in [0, 0.1) is 5.82 Å². The van der Waals surface area contributed by atoms with Crippen LogP contribution in [0.4, 0.5) is 21.7 Å². The number of nitrogens with one attached hydrogen (secondary N) is 2. The molecule has 2 aliphatic rings. The number of benzene rings is 3. The zero-order valence-electron chi connectivity index (χ0n) is 21.9. The van der Waals surface area contributed by atoms with Crippen LogP contribution in [0.1, 0.15) is 36.2 Å². The van der Waals surface area contributed by atoms with E-state index in [4.69, 9.17) is 14.8 Å². The van der Waals surface area contributed by atoms with Gasteiger partial charge in [-0.3, -0.25) is 4.90 Å². The number of aryl methyl sites for hydroxylation is 1. The smallest absolute Gasteiger partial charge is 0.247 e. The van der Waals surface area contributed by atoms with Gasteiger partial charge in [-0.15, -0.1) is 5.10 Å². The van der Waals surface area contributed by atoms with E-state index in [2.05, 4.69) is 33.7 Å². The molecule has 8 heteroatoms. The molecule has 0 amide bonds. The van der Waals surface area contributed by atoms with Crippen LogP contribution >= 0.6 is 0 Å². The summed E-state index contributed by atoms with van der Waals surface area (Å²) in [5.74, 6) is 2.14. The molecule has 0 unspecified atom stereocenters. The first-order valence-electron chi connectivity index (χ1n) is 13.7. The molecule has 1 saturated heterocycles. The van der Waals surface area contributed by atoms with Gasteiger partial charge in [-0.25, -0.2) is 9.07 Å². The molecule has 1 aromatic heterocycles. The summed E-state index contributed by atoms with van der Waals surface area (Å²) in [4.78, 5) is 7.20. The van der Waals surface area contributed by atoms with Crippen molar-refractivity contribution in [3.05, 3.63) is 102 Å². The molecule has 2 N–H and O–H groups in total. The van der Waals surface area contributed by atoms with Gasteiger partial charge >= 0.3 is 0 Å². The SMILES string of the molecule is Fc1ccccc1CNc1cccc(C2=CCCc3nc(Nc4ccc(OCCN5CCCC5)cc4)nn32)c1. The molecule has 0 spiro atoms. The quantitative estimate of drug-likeness (QED) is 0.262. The average molecular weight is 525 g/mol. The number of allylic oxidation sites excluding steroid dienone is 1. The Bertz CT molecular complexity index is 1440. The van der Waals surface area contributed by atoms with E-state index in [1.165, 1.54) is 32.0 Å². The number of anilines is 3. The van der Waals surface area contributed by atoms with Crippen molar-refractivity contribution in [3.63, 3.8) is 0 Å². The minimum Gasteiger partial charge on any atom is -0.492 e. The second-order valence-corrected chi connectivity index (χ2v) is 9.96. The van der Waals surface area contributed by atoms with Gasteiger partial charge in [0.2, 0.25) is 5.95 Å². The third-order valence-electron chi connectivity index (χ3n) is 7.19. The highest BCUT2D eigenvalue weighted by atomic mass is 19.1. The van der Waals surface area contributed by atoms with Crippen LogP contribution in [0.5, 0.6) is 5.75 Å². The van der Waals surface area contributed by atoms with Crippen LogP contribution < -0.4 is 15.4 Å². The van der Waals surface area contributed by atoms with E-state index < -0.39 is 0 Å². The summed E-state index contributed by atoms with van der Waals surface area (Å²) in [7, 11) is 0. The number of hydrogen-bond donors (Lipinski definition) is 2. The second-order valence-electron chi connectivity index (χ2n) is 9.96. The van der Waals surface area contributed by atoms with Crippen LogP contribution in [-0.4, -0.2) is 45.9 Å². The van der Waals surface area contributed by atoms with Crippen LogP contribution in [0.25, 0.3) is 5.70 Å². The number of halogens is 1. The van der Waals surface area contributed by atoms with Crippen molar-refractivity contribution in [2.75, 3.05) is 36.9 Å². The third kappa shape index (κ3) is 6.12. The number of hydrogen-bond acceptors (Lipinski definition) is 6. The molecular formula is C31H33FN6O. The van der Waals surface area contributed by atoms with E-state index in [9.17, 15) is 4.39 Å². The van der Waals surface area contributed by atoms with Crippen molar-refractivity contribution in [3.8, 4) is 5.75 Å². The molecule has 3 aromatic carbocycles. The lowest BCUT2D eigenvalue weighted by Gasteiger charge is -2.16. The summed E-state index contributed by atoms with van der Waals surface area (Å²) in [5, 5.41) is 11.4. The first kappa shape index (κ1) is 25.1. The molecular weight excluding hydrogens is 491 g/mol. The van der Waals surface area contributed by atoms with Crippen molar-refractivity contribution in [1.82, 2.24) is 19.7 Å². The van der Waals surface area contributed by atoms with Gasteiger partial charge < -0.3 is 15.4 Å². The fraction of sp³-hybridized carbons (Fsp3) is 0.290. The number of aromatic nitrogens is 3. The zero-order chi connectivity index (χ0) is 26.4. The molecule has 39 heavy (non-hydrogen) atoms. The molecule has 4 aromatic rings. The largest absolute Gasteiger partial charge is 0.492 e. The molecule has 200 valence electrons. The Hall–Kier alpha value is -4.17. The van der Waals surface area contributed by atoms with Crippen LogP contribution in [0.15, 0.2) is 78.9 Å². The van der Waals surface area contributed by atoms with E-state index in [1.807, 2.05) is 47.1 Å². The van der Waals surface area contributed by atoms with Gasteiger partial charge in [-0.05, 0) is 74.8 Å². The Morgan fingerprint density at radius 2 is 1.77 bits per heavy atom. The maximum Gasteiger partial charge on any atom is 0.247 e. The fourth-order valence-corrected chi connectivity index (χ4v) is 5.11. The lowest BCUT2D eigenvalue weighted by atomic mass is 10.1. The van der Waals surface area contributed by atoms with Crippen LogP contribution in [0.2, 0.25) is 0 Å². The van der Waals surface area contributed by atoms with E-state index in [1.54, 1.807) is 12.1 Å². The number of likely N-dealkylation sites (tertiary alicyclic amines) is 1. The monoisotopic (exact) mass is 524 g/mol. The predicted molar refractivity (Wildman–Crippen MR) is 153 cm³/mol. The van der Waals surface area contributed by atoms with Gasteiger partial charge in [0.15, 0.2) is 0 Å². The Labute approximate surface area is 228 Å². The van der Waals surface area contributed by atoms with Gasteiger partial charge in [0.25, 0.3) is 0 Å². The fourth-order valence-electron chi connectivity index (χ4n) is 5.11. The maximum absolute atomic E-state index is 14.0. The highest BCUT2D eigenvalue weighted by Crippen LogP contribution is 2.28. The summed E-state index contributed by atoms with van der Waals surface area (Å²) in [6.45, 7) is 4.47. The summed E-state index contributed by atoms with van der Waals surface area (Å²) in [6, 6.07) is 22.9. The average Bonchev–Trinajstić information content (AvgIpc) is 3.63. The van der Waals surface area contributed by atoms with E-state index in [-0.39, 0.29) is 5.82 Å². The summed E-state index contributed by atoms with van der Waals surface area (Å²) in [6.07, 6.45) is 6.50. The van der Waals surface area contributed by atoms with E-state index in [0.29, 0.717) is 24.7 Å². The molecule has 0 atom stereocenters. The number of fused-ring (bicyclic) bond motifs is 1. The molecule has 0 aliphatic carbocycles. The lowest BCUT2D eigenvalue weighted by molar-refractivity contribution is 0.238. The highest BCUT2D eigenvalue weighted by Gasteiger charge is 2.19. The molecule has 0 saturated carbocycles. The Morgan fingerprint density at radius 3 is 2.62 bits per heavy atom. The molecule has 0 radical (unpaired) electrons. The number of rotatable bonds is 10. The van der Waals surface area contributed by atoms with Gasteiger partial charge in [0.05, 0.1) is 5.70 Å². The van der Waals surface area contributed by atoms with Gasteiger partial charge in [0.1, 0.15) is 24.0 Å². The van der Waals surface area contributed by atoms with Crippen LogP contribution in [-0.2, 0) is 13.0 Å². The topological polar surface area (TPSA) is 67.2 Å². The second kappa shape index (κ2) is 11.7. The maximum atomic E-state index is 14.0. The lowest BCUT2D eigenvalue weighted by Crippen LogP contribution is -2.25. The molecule has 2 aliphatic heterocycles. The third-order valence-corrected chi connectivity index (χ3v) is 7.19. The predicted octanol–water partition coefficient (Wildman–Crippen LogP) is 6.08. The Morgan fingerprint density at radius 1 is 0.923 bits per heavy atom. The first-order chi connectivity index (χ1) is 19.2. The summed E-state index contributed by atoms with van der Waals surface area (Å²) in [5.41, 5.74) is 4.49. The molecule has 1 fully saturated rings. The van der Waals surface area contributed by atoms with Gasteiger partial charge in [-0.2, -0.15) is 4.98 Å². The molecule has 0 bridgehead atoms. The summed E-state index contributed by atoms with van der Waals surface area (Å²) < 4.78 is 21.9. The minimum atomic E-state index is -0.205. The highest BCUT2D eigenvalue weighted by molar-refractivity contribution is 5.70. The Kier molecular flexibility index (Phi) is 7.54. The number of ether oxygens (including phenoxy) is 1. The van der Waals surface area contributed by atoms with Crippen molar-refractivity contribution >= 4 is 23.0 Å².